The summed E-state index contributed by atoms with van der Waals surface area (Å²) < 4.78 is 32.1. The standard InChI is InChI=1S/C19H34N2O3S.2CH4/c1-15(2)25(22,23)20-14-16(3)17-8-10-18(11-9-17)24-13-12-21(7)19(4,5)6;;/h8-11,15-16,20H,12-14H2,1-7H3;2*1H4. The fourth-order valence-electron chi connectivity index (χ4n) is 2.05. The molecule has 0 bridgehead atoms. The molecule has 0 saturated carbocycles. The maximum Gasteiger partial charge on any atom is 0.213 e. The number of nitrogens with one attached hydrogen (secondary N) is 1. The smallest absolute Gasteiger partial charge is 0.213 e. The van der Waals surface area contributed by atoms with Crippen LogP contribution in [-0.4, -0.2) is 50.9 Å². The molecule has 1 aromatic carbocycles. The van der Waals surface area contributed by atoms with Gasteiger partial charge in [0.05, 0.1) is 5.25 Å². The fourth-order valence-corrected chi connectivity index (χ4v) is 2.87. The van der Waals surface area contributed by atoms with Gasteiger partial charge in [-0.3, -0.25) is 4.90 Å². The monoisotopic (exact) mass is 402 g/mol. The zero-order valence-corrected chi connectivity index (χ0v) is 17.5. The molecule has 27 heavy (non-hydrogen) atoms. The van der Waals surface area contributed by atoms with Crippen molar-refractivity contribution in [3.63, 3.8) is 0 Å². The lowest BCUT2D eigenvalue weighted by Crippen LogP contribution is -2.40. The average Bonchev–Trinajstić information content (AvgIpc) is 2.52. The Labute approximate surface area is 168 Å². The van der Waals surface area contributed by atoms with Gasteiger partial charge in [-0.15, -0.1) is 0 Å². The van der Waals surface area contributed by atoms with Gasteiger partial charge in [0.15, 0.2) is 0 Å². The van der Waals surface area contributed by atoms with E-state index in [9.17, 15) is 8.42 Å². The number of hydrogen-bond acceptors (Lipinski definition) is 4. The van der Waals surface area contributed by atoms with Crippen LogP contribution in [0, 0.1) is 0 Å². The third-order valence-electron chi connectivity index (χ3n) is 4.50. The maximum atomic E-state index is 11.8. The van der Waals surface area contributed by atoms with Crippen molar-refractivity contribution in [2.24, 2.45) is 0 Å². The Morgan fingerprint density at radius 2 is 1.59 bits per heavy atom. The molecule has 1 N–H and O–H groups in total. The molecule has 1 aromatic rings. The number of rotatable bonds is 9. The molecule has 0 spiro atoms. The van der Waals surface area contributed by atoms with Gasteiger partial charge < -0.3 is 4.74 Å². The fraction of sp³-hybridized carbons (Fsp3) is 0.714. The quantitative estimate of drug-likeness (QED) is 0.661. The van der Waals surface area contributed by atoms with Crippen molar-refractivity contribution in [2.45, 2.75) is 73.1 Å². The first-order chi connectivity index (χ1) is 11.4. The summed E-state index contributed by atoms with van der Waals surface area (Å²) in [7, 11) is -1.13. The summed E-state index contributed by atoms with van der Waals surface area (Å²) in [5.74, 6) is 0.940. The normalized spacial score (nSPS) is 13.1. The highest BCUT2D eigenvalue weighted by Gasteiger charge is 2.17. The minimum absolute atomic E-state index is 0. The molecule has 0 radical (unpaired) electrons. The molecule has 1 unspecified atom stereocenters. The van der Waals surface area contributed by atoms with Crippen molar-refractivity contribution in [3.05, 3.63) is 29.8 Å². The lowest BCUT2D eigenvalue weighted by Gasteiger charge is -2.31. The molecule has 0 aliphatic rings. The van der Waals surface area contributed by atoms with Crippen LogP contribution in [0.2, 0.25) is 0 Å². The van der Waals surface area contributed by atoms with E-state index in [0.29, 0.717) is 13.2 Å². The van der Waals surface area contributed by atoms with E-state index >= 15 is 0 Å². The Balaban J connectivity index is 0. The van der Waals surface area contributed by atoms with Crippen LogP contribution in [0.3, 0.4) is 0 Å². The maximum absolute atomic E-state index is 11.8. The molecule has 0 amide bonds. The molecule has 0 heterocycles. The first kappa shape index (κ1) is 28.1. The van der Waals surface area contributed by atoms with Gasteiger partial charge in [-0.25, -0.2) is 13.1 Å². The van der Waals surface area contributed by atoms with Gasteiger partial charge in [0, 0.05) is 18.6 Å². The molecule has 0 aliphatic carbocycles. The van der Waals surface area contributed by atoms with Crippen molar-refractivity contribution >= 4 is 10.0 Å². The van der Waals surface area contributed by atoms with Crippen molar-refractivity contribution in [1.29, 1.82) is 0 Å². The van der Waals surface area contributed by atoms with E-state index in [1.807, 2.05) is 31.2 Å². The van der Waals surface area contributed by atoms with E-state index in [0.717, 1.165) is 17.9 Å². The Bertz CT molecular complexity index is 620. The highest BCUT2D eigenvalue weighted by molar-refractivity contribution is 7.90. The largest absolute Gasteiger partial charge is 0.492 e. The lowest BCUT2D eigenvalue weighted by molar-refractivity contribution is 0.144. The van der Waals surface area contributed by atoms with Crippen LogP contribution in [0.25, 0.3) is 0 Å². The van der Waals surface area contributed by atoms with Crippen LogP contribution < -0.4 is 9.46 Å². The number of ether oxygens (including phenoxy) is 1. The highest BCUT2D eigenvalue weighted by Crippen LogP contribution is 2.19. The summed E-state index contributed by atoms with van der Waals surface area (Å²) in [6, 6.07) is 7.88. The molecule has 5 nitrogen and oxygen atoms in total. The first-order valence-electron chi connectivity index (χ1n) is 8.86. The van der Waals surface area contributed by atoms with Gasteiger partial charge in [0.2, 0.25) is 10.0 Å². The van der Waals surface area contributed by atoms with Crippen LogP contribution in [0.15, 0.2) is 24.3 Å². The van der Waals surface area contributed by atoms with Gasteiger partial charge >= 0.3 is 0 Å². The molecule has 0 aromatic heterocycles. The third kappa shape index (κ3) is 9.58. The minimum Gasteiger partial charge on any atom is -0.492 e. The predicted octanol–water partition coefficient (Wildman–Crippen LogP) is 4.50. The Morgan fingerprint density at radius 1 is 1.07 bits per heavy atom. The molecular weight excluding hydrogens is 360 g/mol. The Morgan fingerprint density at radius 3 is 2.04 bits per heavy atom. The summed E-state index contributed by atoms with van der Waals surface area (Å²) in [4.78, 5) is 2.25. The summed E-state index contributed by atoms with van der Waals surface area (Å²) in [5.41, 5.74) is 1.22. The zero-order valence-electron chi connectivity index (χ0n) is 16.7. The average molecular weight is 403 g/mol. The Kier molecular flexibility index (Phi) is 12.1. The lowest BCUT2D eigenvalue weighted by atomic mass is 10.0. The second-order valence-electron chi connectivity index (χ2n) is 7.85. The Hall–Kier alpha value is -1.11. The number of likely N-dealkylation sites (N-methyl/N-ethyl adjacent to an activating group) is 1. The number of sulfonamides is 1. The number of benzene rings is 1. The van der Waals surface area contributed by atoms with E-state index in [2.05, 4.69) is 37.4 Å². The van der Waals surface area contributed by atoms with E-state index in [-0.39, 0.29) is 26.3 Å². The molecule has 160 valence electrons. The van der Waals surface area contributed by atoms with E-state index in [1.165, 1.54) is 0 Å². The highest BCUT2D eigenvalue weighted by atomic mass is 32.2. The number of hydrogen-bond donors (Lipinski definition) is 1. The SMILES string of the molecule is C.C.CC(CNS(=O)(=O)C(C)C)c1ccc(OCCN(C)C(C)(C)C)cc1. The second-order valence-corrected chi connectivity index (χ2v) is 10.2. The van der Waals surface area contributed by atoms with Crippen molar-refractivity contribution < 1.29 is 13.2 Å². The van der Waals surface area contributed by atoms with E-state index in [1.54, 1.807) is 13.8 Å². The van der Waals surface area contributed by atoms with Gasteiger partial charge in [-0.1, -0.05) is 33.9 Å². The van der Waals surface area contributed by atoms with Gasteiger partial charge in [-0.05, 0) is 65.3 Å². The van der Waals surface area contributed by atoms with Crippen molar-refractivity contribution in [3.8, 4) is 5.75 Å². The minimum atomic E-state index is -3.22. The topological polar surface area (TPSA) is 58.6 Å². The summed E-state index contributed by atoms with van der Waals surface area (Å²) in [5, 5.41) is -0.415. The first-order valence-corrected chi connectivity index (χ1v) is 10.4. The zero-order chi connectivity index (χ0) is 19.3. The summed E-state index contributed by atoms with van der Waals surface area (Å²) in [6.45, 7) is 13.8. The van der Waals surface area contributed by atoms with Crippen LogP contribution in [0.1, 0.15) is 67.9 Å². The molecule has 1 atom stereocenters. The van der Waals surface area contributed by atoms with Crippen molar-refractivity contribution in [1.82, 2.24) is 9.62 Å². The second kappa shape index (κ2) is 11.7. The molecule has 6 heteroatoms. The van der Waals surface area contributed by atoms with Crippen LogP contribution in [0.5, 0.6) is 5.75 Å². The molecule has 0 saturated heterocycles. The van der Waals surface area contributed by atoms with Gasteiger partial charge in [-0.2, -0.15) is 0 Å². The summed E-state index contributed by atoms with van der Waals surface area (Å²) >= 11 is 0. The predicted molar refractivity (Wildman–Crippen MR) is 118 cm³/mol. The van der Waals surface area contributed by atoms with Crippen LogP contribution in [0.4, 0.5) is 0 Å². The summed E-state index contributed by atoms with van der Waals surface area (Å²) in [6.07, 6.45) is 0. The van der Waals surface area contributed by atoms with E-state index < -0.39 is 15.3 Å². The van der Waals surface area contributed by atoms with Crippen LogP contribution in [-0.2, 0) is 10.0 Å². The van der Waals surface area contributed by atoms with Crippen LogP contribution >= 0.6 is 0 Å². The molecule has 0 aliphatic heterocycles. The molecule has 1 rings (SSSR count). The van der Waals surface area contributed by atoms with Crippen molar-refractivity contribution in [2.75, 3.05) is 26.7 Å². The third-order valence-corrected chi connectivity index (χ3v) is 6.31. The van der Waals surface area contributed by atoms with Gasteiger partial charge in [0.1, 0.15) is 12.4 Å². The molecular formula is C21H42N2O3S. The van der Waals surface area contributed by atoms with E-state index in [4.69, 9.17) is 4.74 Å². The molecule has 0 fully saturated rings. The number of nitrogens with zero attached hydrogens (tertiary/aromatic N) is 1. The van der Waals surface area contributed by atoms with Gasteiger partial charge in [0.25, 0.3) is 0 Å².